The summed E-state index contributed by atoms with van der Waals surface area (Å²) in [7, 11) is 0. The lowest BCUT2D eigenvalue weighted by Gasteiger charge is -2.45. The van der Waals surface area contributed by atoms with Crippen LogP contribution in [0.3, 0.4) is 0 Å². The molecule has 2 N–H and O–H groups in total. The average molecular weight is 211 g/mol. The largest absolute Gasteiger partial charge is 0.380 e. The zero-order chi connectivity index (χ0) is 10.9. The molecule has 15 heavy (non-hydrogen) atoms. The van der Waals surface area contributed by atoms with Gasteiger partial charge in [0.2, 0.25) is 0 Å². The Morgan fingerprint density at radius 3 is 2.33 bits per heavy atom. The van der Waals surface area contributed by atoms with E-state index in [1.807, 2.05) is 0 Å². The smallest absolute Gasteiger partial charge is 0.0648 e. The van der Waals surface area contributed by atoms with Gasteiger partial charge >= 0.3 is 0 Å². The van der Waals surface area contributed by atoms with Gasteiger partial charge in [-0.1, -0.05) is 13.8 Å². The summed E-state index contributed by atoms with van der Waals surface area (Å²) < 4.78 is 5.58. The highest BCUT2D eigenvalue weighted by molar-refractivity contribution is 4.96. The van der Waals surface area contributed by atoms with Crippen molar-refractivity contribution < 1.29 is 4.74 Å². The molecule has 0 aromatic heterocycles. The van der Waals surface area contributed by atoms with Gasteiger partial charge in [-0.25, -0.2) is 0 Å². The Bertz CT molecular complexity index is 201. The molecule has 1 aliphatic carbocycles. The third-order valence-corrected chi connectivity index (χ3v) is 4.29. The lowest BCUT2D eigenvalue weighted by molar-refractivity contribution is -0.00870. The Morgan fingerprint density at radius 1 is 1.13 bits per heavy atom. The fraction of sp³-hybridized carbons (Fsp3) is 1.00. The van der Waals surface area contributed by atoms with Crippen molar-refractivity contribution in [1.82, 2.24) is 0 Å². The highest BCUT2D eigenvalue weighted by Gasteiger charge is 2.40. The van der Waals surface area contributed by atoms with E-state index in [9.17, 15) is 0 Å². The Kier molecular flexibility index (Phi) is 3.36. The van der Waals surface area contributed by atoms with Crippen molar-refractivity contribution in [3.63, 3.8) is 0 Å². The lowest BCUT2D eigenvalue weighted by atomic mass is 9.67. The summed E-state index contributed by atoms with van der Waals surface area (Å²) >= 11 is 0. The van der Waals surface area contributed by atoms with Crippen LogP contribution in [0.25, 0.3) is 0 Å². The summed E-state index contributed by atoms with van der Waals surface area (Å²) in [5, 5.41) is 0. The fourth-order valence-electron chi connectivity index (χ4n) is 3.58. The molecule has 0 aromatic rings. The van der Waals surface area contributed by atoms with E-state index in [4.69, 9.17) is 10.5 Å². The van der Waals surface area contributed by atoms with Crippen LogP contribution in [0.2, 0.25) is 0 Å². The maximum absolute atomic E-state index is 6.53. The summed E-state index contributed by atoms with van der Waals surface area (Å²) in [6.45, 7) is 6.44. The first kappa shape index (κ1) is 11.4. The maximum Gasteiger partial charge on any atom is 0.0648 e. The molecule has 2 fully saturated rings. The first-order valence-corrected chi connectivity index (χ1v) is 6.47. The molecular weight excluding hydrogens is 186 g/mol. The standard InChI is InChI=1S/C13H25NO/c1-10-6-11(2)8-12(7-10)13(14)4-3-5-15-9-13/h10-12H,3-9,14H2,1-2H3. The van der Waals surface area contributed by atoms with Crippen LogP contribution in [0.4, 0.5) is 0 Å². The number of hydrogen-bond acceptors (Lipinski definition) is 2. The average Bonchev–Trinajstić information content (AvgIpc) is 2.17. The highest BCUT2D eigenvalue weighted by atomic mass is 16.5. The van der Waals surface area contributed by atoms with E-state index in [0.717, 1.165) is 37.9 Å². The van der Waals surface area contributed by atoms with Crippen molar-refractivity contribution in [2.24, 2.45) is 23.5 Å². The van der Waals surface area contributed by atoms with Crippen molar-refractivity contribution >= 4 is 0 Å². The van der Waals surface area contributed by atoms with Gasteiger partial charge < -0.3 is 10.5 Å². The number of nitrogens with two attached hydrogens (primary N) is 1. The SMILES string of the molecule is CC1CC(C)CC(C2(N)CCCOC2)C1. The van der Waals surface area contributed by atoms with Crippen LogP contribution in [0, 0.1) is 17.8 Å². The molecule has 0 spiro atoms. The minimum absolute atomic E-state index is 0.0127. The second kappa shape index (κ2) is 4.42. The van der Waals surface area contributed by atoms with Crippen molar-refractivity contribution in [3.05, 3.63) is 0 Å². The van der Waals surface area contributed by atoms with Crippen molar-refractivity contribution in [2.75, 3.05) is 13.2 Å². The van der Waals surface area contributed by atoms with E-state index in [1.165, 1.54) is 19.3 Å². The molecule has 3 atom stereocenters. The molecule has 2 aliphatic rings. The van der Waals surface area contributed by atoms with Crippen LogP contribution in [0.1, 0.15) is 46.0 Å². The third kappa shape index (κ3) is 2.54. The van der Waals surface area contributed by atoms with Gasteiger partial charge in [-0.3, -0.25) is 0 Å². The molecule has 2 heteroatoms. The van der Waals surface area contributed by atoms with Gasteiger partial charge in [-0.2, -0.15) is 0 Å². The van der Waals surface area contributed by atoms with E-state index in [0.29, 0.717) is 5.92 Å². The second-order valence-corrected chi connectivity index (χ2v) is 6.00. The Labute approximate surface area is 93.6 Å². The molecule has 0 bridgehead atoms. The van der Waals surface area contributed by atoms with Gasteiger partial charge in [0.05, 0.1) is 6.61 Å². The molecular formula is C13H25NO. The van der Waals surface area contributed by atoms with Crippen LogP contribution in [0.15, 0.2) is 0 Å². The number of ether oxygens (including phenoxy) is 1. The summed E-state index contributed by atoms with van der Waals surface area (Å²) in [5.41, 5.74) is 6.52. The normalized spacial score (nSPS) is 47.8. The molecule has 0 radical (unpaired) electrons. The summed E-state index contributed by atoms with van der Waals surface area (Å²) in [5.74, 6) is 2.39. The number of rotatable bonds is 1. The predicted octanol–water partition coefficient (Wildman–Crippen LogP) is 2.57. The van der Waals surface area contributed by atoms with E-state index in [-0.39, 0.29) is 5.54 Å². The lowest BCUT2D eigenvalue weighted by Crippen LogP contribution is -2.55. The molecule has 3 unspecified atom stereocenters. The van der Waals surface area contributed by atoms with Gasteiger partial charge in [-0.15, -0.1) is 0 Å². The van der Waals surface area contributed by atoms with Gasteiger partial charge in [-0.05, 0) is 49.9 Å². The minimum Gasteiger partial charge on any atom is -0.380 e. The molecule has 1 saturated heterocycles. The van der Waals surface area contributed by atoms with Gasteiger partial charge in [0.1, 0.15) is 0 Å². The Hall–Kier alpha value is -0.0800. The summed E-state index contributed by atoms with van der Waals surface area (Å²) in [6, 6.07) is 0. The fourth-order valence-corrected chi connectivity index (χ4v) is 3.58. The molecule has 2 rings (SSSR count). The van der Waals surface area contributed by atoms with Crippen molar-refractivity contribution in [2.45, 2.75) is 51.5 Å². The van der Waals surface area contributed by atoms with E-state index >= 15 is 0 Å². The van der Waals surface area contributed by atoms with Crippen LogP contribution in [0.5, 0.6) is 0 Å². The molecule has 0 aromatic carbocycles. The highest BCUT2D eigenvalue weighted by Crippen LogP contribution is 2.40. The number of hydrogen-bond donors (Lipinski definition) is 1. The van der Waals surface area contributed by atoms with Crippen LogP contribution < -0.4 is 5.73 Å². The van der Waals surface area contributed by atoms with Gasteiger partial charge in [0.15, 0.2) is 0 Å². The first-order chi connectivity index (χ1) is 7.10. The third-order valence-electron chi connectivity index (χ3n) is 4.29. The predicted molar refractivity (Wildman–Crippen MR) is 62.6 cm³/mol. The molecule has 88 valence electrons. The van der Waals surface area contributed by atoms with E-state index < -0.39 is 0 Å². The minimum atomic E-state index is -0.0127. The van der Waals surface area contributed by atoms with Crippen LogP contribution >= 0.6 is 0 Å². The van der Waals surface area contributed by atoms with Gasteiger partial charge in [0, 0.05) is 12.1 Å². The molecule has 0 amide bonds. The molecule has 2 nitrogen and oxygen atoms in total. The second-order valence-electron chi connectivity index (χ2n) is 6.00. The van der Waals surface area contributed by atoms with E-state index in [1.54, 1.807) is 0 Å². The topological polar surface area (TPSA) is 35.2 Å². The van der Waals surface area contributed by atoms with Gasteiger partial charge in [0.25, 0.3) is 0 Å². The Balaban J connectivity index is 2.01. The zero-order valence-corrected chi connectivity index (χ0v) is 10.2. The quantitative estimate of drug-likeness (QED) is 0.723. The monoisotopic (exact) mass is 211 g/mol. The van der Waals surface area contributed by atoms with Crippen molar-refractivity contribution in [1.29, 1.82) is 0 Å². The van der Waals surface area contributed by atoms with Crippen LogP contribution in [-0.4, -0.2) is 18.8 Å². The zero-order valence-electron chi connectivity index (χ0n) is 10.2. The van der Waals surface area contributed by atoms with Crippen molar-refractivity contribution in [3.8, 4) is 0 Å². The molecule has 1 aliphatic heterocycles. The first-order valence-electron chi connectivity index (χ1n) is 6.47. The maximum atomic E-state index is 6.53. The molecule has 1 saturated carbocycles. The summed E-state index contributed by atoms with van der Waals surface area (Å²) in [6.07, 6.45) is 6.31. The summed E-state index contributed by atoms with van der Waals surface area (Å²) in [4.78, 5) is 0. The molecule has 1 heterocycles. The van der Waals surface area contributed by atoms with E-state index in [2.05, 4.69) is 13.8 Å². The Morgan fingerprint density at radius 2 is 1.80 bits per heavy atom. The van der Waals surface area contributed by atoms with Crippen LogP contribution in [-0.2, 0) is 4.74 Å².